The topological polar surface area (TPSA) is 41.7 Å². The van der Waals surface area contributed by atoms with E-state index in [0.29, 0.717) is 6.54 Å². The van der Waals surface area contributed by atoms with Gasteiger partial charge in [0.2, 0.25) is 0 Å². The van der Waals surface area contributed by atoms with Gasteiger partial charge in [-0.15, -0.1) is 0 Å². The molecule has 0 amide bonds. The van der Waals surface area contributed by atoms with Gasteiger partial charge in [0.15, 0.2) is 6.20 Å². The van der Waals surface area contributed by atoms with Crippen molar-refractivity contribution < 1.29 is 5.11 Å². The SMILES string of the molecule is OC1=CN(Cl)CC2=NC=C[N+]12. The molecule has 0 unspecified atom stereocenters. The number of halogens is 1. The lowest BCUT2D eigenvalue weighted by molar-refractivity contribution is 0.334. The highest BCUT2D eigenvalue weighted by Gasteiger charge is 2.36. The van der Waals surface area contributed by atoms with Crippen LogP contribution in [-0.2, 0) is 0 Å². The molecule has 2 heterocycles. The predicted molar refractivity (Wildman–Crippen MR) is 42.0 cm³/mol. The first-order valence-electron chi connectivity index (χ1n) is 3.13. The van der Waals surface area contributed by atoms with Crippen molar-refractivity contribution in [1.82, 2.24) is 9.32 Å². The third kappa shape index (κ3) is 1.00. The van der Waals surface area contributed by atoms with E-state index in [1.54, 1.807) is 17.3 Å². The molecular weight excluding hydrogens is 166 g/mol. The fourth-order valence-corrected chi connectivity index (χ4v) is 1.22. The molecule has 0 fully saturated rings. The maximum atomic E-state index is 9.28. The molecule has 11 heavy (non-hydrogen) atoms. The Labute approximate surface area is 68.8 Å². The quantitative estimate of drug-likeness (QED) is 0.434. The van der Waals surface area contributed by atoms with Crippen LogP contribution >= 0.6 is 11.8 Å². The zero-order chi connectivity index (χ0) is 7.84. The first kappa shape index (κ1) is 6.69. The van der Waals surface area contributed by atoms with E-state index in [1.807, 2.05) is 0 Å². The minimum Gasteiger partial charge on any atom is -0.462 e. The van der Waals surface area contributed by atoms with Gasteiger partial charge in [0.1, 0.15) is 12.7 Å². The van der Waals surface area contributed by atoms with Crippen LogP contribution in [-0.4, -0.2) is 21.9 Å². The number of rotatable bonds is 0. The van der Waals surface area contributed by atoms with Crippen LogP contribution in [0.15, 0.2) is 29.5 Å². The molecule has 0 aliphatic carbocycles. The summed E-state index contributed by atoms with van der Waals surface area (Å²) in [5, 5.41) is 9.28. The van der Waals surface area contributed by atoms with Gasteiger partial charge >= 0.3 is 5.88 Å². The van der Waals surface area contributed by atoms with Crippen molar-refractivity contribution in [2.24, 2.45) is 4.99 Å². The average Bonchev–Trinajstić information content (AvgIpc) is 2.34. The molecule has 1 N–H and O–H groups in total. The molecule has 5 heteroatoms. The van der Waals surface area contributed by atoms with E-state index < -0.39 is 0 Å². The summed E-state index contributed by atoms with van der Waals surface area (Å²) < 4.78 is 1.36. The fourth-order valence-electron chi connectivity index (χ4n) is 1.03. The number of aliphatic imine (C=N–C) groups is 1. The highest BCUT2D eigenvalue weighted by Crippen LogP contribution is 2.15. The van der Waals surface area contributed by atoms with Gasteiger partial charge in [0.05, 0.1) is 6.20 Å². The molecule has 0 aromatic carbocycles. The molecule has 0 bridgehead atoms. The van der Waals surface area contributed by atoms with Crippen molar-refractivity contribution in [2.45, 2.75) is 0 Å². The van der Waals surface area contributed by atoms with E-state index in [-0.39, 0.29) is 5.88 Å². The maximum absolute atomic E-state index is 9.28. The van der Waals surface area contributed by atoms with E-state index in [4.69, 9.17) is 11.8 Å². The Balaban J connectivity index is 2.34. The van der Waals surface area contributed by atoms with E-state index in [2.05, 4.69) is 4.99 Å². The summed E-state index contributed by atoms with van der Waals surface area (Å²) in [4.78, 5) is 5.58. The normalized spacial score (nSPS) is 23.2. The molecule has 0 atom stereocenters. The third-order valence-electron chi connectivity index (χ3n) is 1.51. The summed E-state index contributed by atoms with van der Waals surface area (Å²) in [6.45, 7) is 0.513. The van der Waals surface area contributed by atoms with Crippen molar-refractivity contribution in [1.29, 1.82) is 0 Å². The summed E-state index contributed by atoms with van der Waals surface area (Å²) in [5.74, 6) is 0.832. The van der Waals surface area contributed by atoms with Gasteiger partial charge < -0.3 is 5.11 Å². The molecule has 4 nitrogen and oxygen atoms in total. The van der Waals surface area contributed by atoms with Crippen molar-refractivity contribution in [3.8, 4) is 0 Å². The van der Waals surface area contributed by atoms with Gasteiger partial charge in [-0.05, 0) is 4.90 Å². The molecule has 2 aliphatic heterocycles. The van der Waals surface area contributed by atoms with Crippen LogP contribution < -0.4 is 4.90 Å². The van der Waals surface area contributed by atoms with Crippen LogP contribution in [0.3, 0.4) is 0 Å². The van der Waals surface area contributed by atoms with Gasteiger partial charge in [-0.25, -0.2) is 0 Å². The number of aliphatic hydroxyl groups excluding tert-OH is 1. The van der Waals surface area contributed by atoms with Crippen LogP contribution in [0.1, 0.15) is 0 Å². The Bertz CT molecular complexity index is 271. The molecule has 2 rings (SSSR count). The fraction of sp³-hybridized carbons (Fsp3) is 0.167. The van der Waals surface area contributed by atoms with Crippen LogP contribution in [0.25, 0.3) is 0 Å². The smallest absolute Gasteiger partial charge is 0.368 e. The molecule has 57 valence electrons. The van der Waals surface area contributed by atoms with Crippen LogP contribution in [0.5, 0.6) is 0 Å². The van der Waals surface area contributed by atoms with E-state index in [1.165, 1.54) is 10.6 Å². The Morgan fingerprint density at radius 3 is 3.36 bits per heavy atom. The lowest BCUT2D eigenvalue weighted by Gasteiger charge is -2.14. The van der Waals surface area contributed by atoms with Gasteiger partial charge in [0.25, 0.3) is 5.84 Å². The number of fused-ring (bicyclic) bond motifs is 1. The number of hydrogen-bond donors (Lipinski definition) is 1. The predicted octanol–water partition coefficient (Wildman–Crippen LogP) is 0.836. The summed E-state index contributed by atoms with van der Waals surface area (Å²) in [6, 6.07) is 0. The van der Waals surface area contributed by atoms with E-state index in [0.717, 1.165) is 5.84 Å². The molecule has 0 saturated heterocycles. The lowest BCUT2D eigenvalue weighted by Crippen LogP contribution is -2.39. The number of amidine groups is 1. The molecular formula is C6H6ClN3O+. The number of aliphatic hydroxyl groups is 1. The molecule has 1 radical (unpaired) electrons. The summed E-state index contributed by atoms with van der Waals surface area (Å²) >= 11 is 5.64. The summed E-state index contributed by atoms with van der Waals surface area (Å²) in [6.07, 6.45) is 4.75. The molecule has 0 aromatic heterocycles. The van der Waals surface area contributed by atoms with E-state index in [9.17, 15) is 5.11 Å². The van der Waals surface area contributed by atoms with Crippen LogP contribution in [0, 0.1) is 0 Å². The molecule has 2 aliphatic rings. The molecule has 0 saturated carbocycles. The van der Waals surface area contributed by atoms with E-state index >= 15 is 0 Å². The van der Waals surface area contributed by atoms with Gasteiger partial charge in [-0.1, -0.05) is 0 Å². The van der Waals surface area contributed by atoms with Crippen LogP contribution in [0.4, 0.5) is 0 Å². The monoisotopic (exact) mass is 171 g/mol. The van der Waals surface area contributed by atoms with Crippen molar-refractivity contribution >= 4 is 17.6 Å². The van der Waals surface area contributed by atoms with Crippen molar-refractivity contribution in [3.63, 3.8) is 0 Å². The van der Waals surface area contributed by atoms with Gasteiger partial charge in [-0.3, -0.25) is 4.42 Å². The summed E-state index contributed by atoms with van der Waals surface area (Å²) in [5.41, 5.74) is 0. The zero-order valence-corrected chi connectivity index (χ0v) is 6.36. The standard InChI is InChI=1S/C6H6ClN3O/c7-9-3-5-8-1-2-10(5)6(11)4-9/h1-2,4,11H,3H2/q+1. The Hall–Kier alpha value is -1.00. The minimum absolute atomic E-state index is 0.0961. The highest BCUT2D eigenvalue weighted by atomic mass is 35.5. The largest absolute Gasteiger partial charge is 0.462 e. The number of hydrogen-bond acceptors (Lipinski definition) is 4. The first-order chi connectivity index (χ1) is 5.27. The van der Waals surface area contributed by atoms with Crippen LogP contribution in [0.2, 0.25) is 0 Å². The van der Waals surface area contributed by atoms with Crippen molar-refractivity contribution in [3.05, 3.63) is 24.5 Å². The second-order valence-electron chi connectivity index (χ2n) is 2.26. The highest BCUT2D eigenvalue weighted by molar-refractivity contribution is 6.16. The maximum Gasteiger partial charge on any atom is 0.368 e. The first-order valence-corrected chi connectivity index (χ1v) is 3.47. The number of nitrogens with zero attached hydrogens (tertiary/aromatic N) is 3. The average molecular weight is 172 g/mol. The second-order valence-corrected chi connectivity index (χ2v) is 2.69. The Kier molecular flexibility index (Phi) is 1.37. The van der Waals surface area contributed by atoms with Gasteiger partial charge in [0, 0.05) is 11.8 Å². The Morgan fingerprint density at radius 1 is 1.73 bits per heavy atom. The molecule has 0 aromatic rings. The van der Waals surface area contributed by atoms with Crippen molar-refractivity contribution in [2.75, 3.05) is 6.54 Å². The molecule has 0 spiro atoms. The summed E-state index contributed by atoms with van der Waals surface area (Å²) in [7, 11) is 0. The zero-order valence-electron chi connectivity index (χ0n) is 5.61. The third-order valence-corrected chi connectivity index (χ3v) is 1.73. The Morgan fingerprint density at radius 2 is 2.55 bits per heavy atom. The van der Waals surface area contributed by atoms with Gasteiger partial charge in [-0.2, -0.15) is 4.99 Å². The lowest BCUT2D eigenvalue weighted by atomic mass is 10.4. The second kappa shape index (κ2) is 2.25. The minimum atomic E-state index is 0.0961.